The summed E-state index contributed by atoms with van der Waals surface area (Å²) in [7, 11) is -4.90. The third-order valence-corrected chi connectivity index (χ3v) is 17.8. The van der Waals surface area contributed by atoms with Crippen molar-refractivity contribution < 1.29 is 64.8 Å². The van der Waals surface area contributed by atoms with Crippen LogP contribution in [-0.2, 0) is 54.7 Å². The highest BCUT2D eigenvalue weighted by Crippen LogP contribution is 2.43. The maximum atomic E-state index is 16.3. The van der Waals surface area contributed by atoms with Crippen LogP contribution >= 0.6 is 22.7 Å². The fourth-order valence-corrected chi connectivity index (χ4v) is 13.0. The lowest BCUT2D eigenvalue weighted by molar-refractivity contribution is -0.144. The van der Waals surface area contributed by atoms with Gasteiger partial charge in [0.15, 0.2) is 10.7 Å². The van der Waals surface area contributed by atoms with Crippen LogP contribution in [-0.4, -0.2) is 158 Å². The van der Waals surface area contributed by atoms with Crippen molar-refractivity contribution in [2.45, 2.75) is 95.3 Å². The number of hydrogen-bond donors (Lipinski definition) is 5. The summed E-state index contributed by atoms with van der Waals surface area (Å²) in [6.07, 6.45) is 1.86. The first-order valence-corrected chi connectivity index (χ1v) is 30.9. The zero-order valence-electron chi connectivity index (χ0n) is 47.5. The Hall–Kier alpha value is -6.98. The third-order valence-electron chi connectivity index (χ3n) is 14.2. The van der Waals surface area contributed by atoms with Crippen LogP contribution in [0.3, 0.4) is 0 Å². The highest BCUT2D eigenvalue weighted by atomic mass is 32.2. The minimum atomic E-state index is -4.90. The van der Waals surface area contributed by atoms with E-state index in [-0.39, 0.29) is 120 Å². The monoisotopic (exact) mass is 1230 g/mol. The highest BCUT2D eigenvalue weighted by Gasteiger charge is 2.44. The molecule has 0 bridgehead atoms. The summed E-state index contributed by atoms with van der Waals surface area (Å²) in [5.41, 5.74) is 9.68. The first kappa shape index (κ1) is 64.0. The molecule has 4 amide bonds. The second kappa shape index (κ2) is 29.4. The summed E-state index contributed by atoms with van der Waals surface area (Å²) in [5, 5.41) is 17.0. The van der Waals surface area contributed by atoms with Crippen LogP contribution in [0.1, 0.15) is 75.1 Å². The van der Waals surface area contributed by atoms with E-state index in [1.807, 2.05) is 56.7 Å². The molecule has 0 aliphatic carbocycles. The number of hydrogen-bond acceptors (Lipinski definition) is 18. The van der Waals surface area contributed by atoms with E-state index in [0.717, 1.165) is 46.0 Å². The number of aromatic nitrogens is 4. The van der Waals surface area contributed by atoms with Crippen LogP contribution in [0.25, 0.3) is 32.3 Å². The molecule has 3 unspecified atom stereocenters. The number of aliphatic hydroxyl groups excluding tert-OH is 1. The number of carbonyl (C=O) groups excluding carboxylic acids is 4. The van der Waals surface area contributed by atoms with Gasteiger partial charge in [0.25, 0.3) is 10.0 Å². The molecule has 5 heterocycles. The number of aryl methyl sites for hydroxylation is 1. The molecule has 6 aromatic rings. The number of carbonyl (C=O) groups is 4. The van der Waals surface area contributed by atoms with Crippen LogP contribution in [0.15, 0.2) is 83.3 Å². The molecule has 85 heavy (non-hydrogen) atoms. The van der Waals surface area contributed by atoms with Crippen molar-refractivity contribution in [3.8, 4) is 32.3 Å². The maximum absolute atomic E-state index is 16.3. The van der Waals surface area contributed by atoms with E-state index in [2.05, 4.69) is 25.6 Å². The predicted octanol–water partition coefficient (Wildman–Crippen LogP) is 6.86. The molecular weight excluding hydrogens is 1170 g/mol. The molecule has 21 nitrogen and oxygen atoms in total. The SMILES string of the molecule is Cc1ncsc1-c1ccc(CNC(=O)C2CC(O)CN2C(=O)C(NC(=O)CCOCCOCCOCCOCCC(=O)N2CCC(c3nc(-c4cccc(NS(=O)(=O)c5c(F)cccc5F)c4F)c(-c4ccnc(N)n4)s3)CC2)C(C)(C)C)cc1. The molecule has 0 spiro atoms. The smallest absolute Gasteiger partial charge is 0.267 e. The number of nitrogen functional groups attached to an aromatic ring is 1. The number of nitrogens with zero attached hydrogens (tertiary/aromatic N) is 6. The predicted molar refractivity (Wildman–Crippen MR) is 313 cm³/mol. The van der Waals surface area contributed by atoms with Crippen LogP contribution in [0.5, 0.6) is 0 Å². The van der Waals surface area contributed by atoms with Gasteiger partial charge in [0.1, 0.15) is 23.7 Å². The van der Waals surface area contributed by atoms with Gasteiger partial charge in [-0.1, -0.05) is 57.2 Å². The Kier molecular flexibility index (Phi) is 22.2. The molecule has 2 saturated heterocycles. The Morgan fingerprint density at radius 2 is 1.46 bits per heavy atom. The van der Waals surface area contributed by atoms with Gasteiger partial charge in [0, 0.05) is 56.7 Å². The molecule has 0 saturated carbocycles. The minimum Gasteiger partial charge on any atom is -0.391 e. The molecule has 2 aliphatic rings. The summed E-state index contributed by atoms with van der Waals surface area (Å²) in [5.74, 6) is -5.21. The second-order valence-electron chi connectivity index (χ2n) is 21.4. The zero-order chi connectivity index (χ0) is 60.8. The number of aliphatic hydroxyl groups is 1. The van der Waals surface area contributed by atoms with Gasteiger partial charge >= 0.3 is 0 Å². The number of likely N-dealkylation sites (tertiary alicyclic amines) is 2. The van der Waals surface area contributed by atoms with Crippen LogP contribution in [0.4, 0.5) is 24.8 Å². The average molecular weight is 1240 g/mol. The number of ether oxygens (including phenoxy) is 4. The summed E-state index contributed by atoms with van der Waals surface area (Å²) >= 11 is 2.81. The van der Waals surface area contributed by atoms with E-state index in [1.54, 1.807) is 27.8 Å². The van der Waals surface area contributed by atoms with Crippen molar-refractivity contribution in [3.05, 3.63) is 112 Å². The Morgan fingerprint density at radius 3 is 2.08 bits per heavy atom. The van der Waals surface area contributed by atoms with Crippen molar-refractivity contribution in [3.63, 3.8) is 0 Å². The van der Waals surface area contributed by atoms with Crippen molar-refractivity contribution >= 4 is 68.0 Å². The number of halogens is 3. The summed E-state index contributed by atoms with van der Waals surface area (Å²) < 4.78 is 95.9. The Labute approximate surface area is 498 Å². The van der Waals surface area contributed by atoms with Gasteiger partial charge in [0.05, 0.1) is 108 Å². The number of piperidine rings is 1. The maximum Gasteiger partial charge on any atom is 0.267 e. The molecule has 2 fully saturated rings. The van der Waals surface area contributed by atoms with E-state index in [1.165, 1.54) is 34.6 Å². The molecule has 3 aromatic heterocycles. The van der Waals surface area contributed by atoms with Gasteiger partial charge in [0.2, 0.25) is 29.6 Å². The molecule has 27 heteroatoms. The molecule has 0 radical (unpaired) electrons. The van der Waals surface area contributed by atoms with Crippen molar-refractivity contribution in [2.75, 3.05) is 82.9 Å². The number of nitrogens with two attached hydrogens (primary N) is 1. The number of benzene rings is 3. The topological polar surface area (TPSA) is 280 Å². The second-order valence-corrected chi connectivity index (χ2v) is 24.9. The van der Waals surface area contributed by atoms with E-state index < -0.39 is 73.5 Å². The van der Waals surface area contributed by atoms with Crippen molar-refractivity contribution in [1.82, 2.24) is 40.4 Å². The molecule has 3 aromatic carbocycles. The first-order valence-electron chi connectivity index (χ1n) is 27.7. The zero-order valence-corrected chi connectivity index (χ0v) is 49.9. The van der Waals surface area contributed by atoms with Crippen LogP contribution in [0.2, 0.25) is 0 Å². The lowest BCUT2D eigenvalue weighted by Gasteiger charge is -2.35. The average Bonchev–Trinajstić information content (AvgIpc) is 3.68. The molecule has 2 aliphatic heterocycles. The summed E-state index contributed by atoms with van der Waals surface area (Å²) in [6.45, 7) is 10.3. The normalized spacial score (nSPS) is 16.1. The van der Waals surface area contributed by atoms with Gasteiger partial charge in [-0.2, -0.15) is 0 Å². The quantitative estimate of drug-likeness (QED) is 0.0329. The van der Waals surface area contributed by atoms with Gasteiger partial charge < -0.3 is 50.2 Å². The number of rotatable bonds is 27. The Morgan fingerprint density at radius 1 is 0.824 bits per heavy atom. The lowest BCUT2D eigenvalue weighted by Crippen LogP contribution is -2.57. The van der Waals surface area contributed by atoms with Crippen molar-refractivity contribution in [1.29, 1.82) is 0 Å². The molecule has 456 valence electrons. The highest BCUT2D eigenvalue weighted by molar-refractivity contribution is 7.92. The number of amides is 4. The van der Waals surface area contributed by atoms with E-state index in [9.17, 15) is 41.5 Å². The standard InChI is InChI=1S/C58H69F3N10O11S3/c1-35-50(83-34-65-35)37-13-11-36(12-14-37)32-64-54(75)45-31-39(72)33-71(45)56(76)53(58(2,3)4)67-46(73)18-23-79-25-27-81-29-30-82-28-26-80-24-19-47(74)70-21-16-38(17-22-70)55-68-49(51(84-55)44-15-20-63-57(62)66-44)40-7-5-10-43(48(40)61)69-85(77,78)52-41(59)8-6-9-42(52)60/h5-15,20,34,38-39,45,53,69,72H,16-19,21-33H2,1-4H3,(H,64,75)(H,67,73)(H2,62,63,66). The number of sulfonamides is 1. The molecular formula is C58H69F3N10O11S3. The Bertz CT molecular complexity index is 3380. The van der Waals surface area contributed by atoms with Gasteiger partial charge in [-0.3, -0.25) is 23.9 Å². The van der Waals surface area contributed by atoms with E-state index in [4.69, 9.17) is 29.7 Å². The van der Waals surface area contributed by atoms with Gasteiger partial charge in [-0.15, -0.1) is 22.7 Å². The van der Waals surface area contributed by atoms with E-state index in [0.29, 0.717) is 41.5 Å². The van der Waals surface area contributed by atoms with Gasteiger partial charge in [-0.05, 0) is 66.6 Å². The number of anilines is 2. The molecule has 6 N–H and O–H groups in total. The van der Waals surface area contributed by atoms with Crippen molar-refractivity contribution in [2.24, 2.45) is 5.41 Å². The molecule has 8 rings (SSSR count). The van der Waals surface area contributed by atoms with Gasteiger partial charge in [-0.25, -0.2) is 41.5 Å². The van der Waals surface area contributed by atoms with Crippen LogP contribution < -0.4 is 21.1 Å². The summed E-state index contributed by atoms with van der Waals surface area (Å²) in [4.78, 5) is 74.5. The largest absolute Gasteiger partial charge is 0.391 e. The summed E-state index contributed by atoms with van der Waals surface area (Å²) in [6, 6.07) is 14.0. The fraction of sp³-hybridized carbons (Fsp3) is 0.448. The Balaban J connectivity index is 0.690. The number of β-amino-alcohol motifs (C(OH)–C–C–N with tert-alkyl or cyclic N) is 1. The van der Waals surface area contributed by atoms with Crippen LogP contribution in [0, 0.1) is 29.8 Å². The number of nitrogens with one attached hydrogen (secondary N) is 3. The lowest BCUT2D eigenvalue weighted by atomic mass is 9.85. The molecule has 3 atom stereocenters. The number of thiazole rings is 2. The first-order chi connectivity index (χ1) is 40.7. The third kappa shape index (κ3) is 16.9. The minimum absolute atomic E-state index is 0.0185. The fourth-order valence-electron chi connectivity index (χ4n) is 9.73. The van der Waals surface area contributed by atoms with E-state index >= 15 is 4.39 Å².